The summed E-state index contributed by atoms with van der Waals surface area (Å²) in [4.78, 5) is 15.5. The molecule has 1 fully saturated rings. The van der Waals surface area contributed by atoms with E-state index in [0.717, 1.165) is 26.2 Å². The zero-order valence-electron chi connectivity index (χ0n) is 11.6. The van der Waals surface area contributed by atoms with Crippen molar-refractivity contribution in [2.24, 2.45) is 0 Å². The molecule has 0 saturated carbocycles. The van der Waals surface area contributed by atoms with Crippen LogP contribution in [-0.4, -0.2) is 81.9 Å². The summed E-state index contributed by atoms with van der Waals surface area (Å²) in [6.07, 6.45) is 0. The van der Waals surface area contributed by atoms with Gasteiger partial charge in [-0.25, -0.2) is 8.42 Å². The van der Waals surface area contributed by atoms with Crippen LogP contribution in [0.1, 0.15) is 6.92 Å². The van der Waals surface area contributed by atoms with Gasteiger partial charge in [0, 0.05) is 38.5 Å². The van der Waals surface area contributed by atoms with Gasteiger partial charge in [0.05, 0.1) is 12.3 Å². The number of halogens is 1. The largest absolute Gasteiger partial charge is 0.339 e. The molecule has 0 spiro atoms. The summed E-state index contributed by atoms with van der Waals surface area (Å²) in [5.41, 5.74) is 0. The van der Waals surface area contributed by atoms with Crippen LogP contribution >= 0.6 is 12.4 Å². The van der Waals surface area contributed by atoms with Crippen LogP contribution in [0, 0.1) is 0 Å². The van der Waals surface area contributed by atoms with Crippen molar-refractivity contribution >= 4 is 28.2 Å². The van der Waals surface area contributed by atoms with E-state index in [1.54, 1.807) is 18.9 Å². The van der Waals surface area contributed by atoms with E-state index in [1.165, 1.54) is 0 Å². The molecule has 1 saturated heterocycles. The SMILES string of the molecule is CCS(=O)(=O)CCN(C)CC(=O)N1CCNCC1.Cl. The summed E-state index contributed by atoms with van der Waals surface area (Å²) in [7, 11) is -1.17. The van der Waals surface area contributed by atoms with Crippen LogP contribution in [0.5, 0.6) is 0 Å². The minimum absolute atomic E-state index is 0. The van der Waals surface area contributed by atoms with Gasteiger partial charge in [-0.15, -0.1) is 12.4 Å². The van der Waals surface area contributed by atoms with Gasteiger partial charge in [-0.2, -0.15) is 0 Å². The zero-order valence-corrected chi connectivity index (χ0v) is 13.2. The molecule has 114 valence electrons. The first-order chi connectivity index (χ1) is 8.44. The minimum Gasteiger partial charge on any atom is -0.339 e. The molecule has 0 atom stereocenters. The Kier molecular flexibility index (Phi) is 8.56. The van der Waals surface area contributed by atoms with Crippen LogP contribution in [-0.2, 0) is 14.6 Å². The van der Waals surface area contributed by atoms with E-state index in [2.05, 4.69) is 5.32 Å². The predicted octanol–water partition coefficient (Wildman–Crippen LogP) is -0.793. The van der Waals surface area contributed by atoms with Crippen molar-refractivity contribution in [2.45, 2.75) is 6.92 Å². The molecule has 8 heteroatoms. The standard InChI is InChI=1S/C11H23N3O3S.ClH/c1-3-18(16,17)9-8-13(2)10-11(15)14-6-4-12-5-7-14;/h12H,3-10H2,1-2H3;1H. The van der Waals surface area contributed by atoms with Crippen molar-refractivity contribution in [3.05, 3.63) is 0 Å². The van der Waals surface area contributed by atoms with Crippen molar-refractivity contribution in [3.63, 3.8) is 0 Å². The number of amides is 1. The highest BCUT2D eigenvalue weighted by atomic mass is 35.5. The van der Waals surface area contributed by atoms with Crippen LogP contribution in [0.2, 0.25) is 0 Å². The van der Waals surface area contributed by atoms with E-state index in [0.29, 0.717) is 13.1 Å². The van der Waals surface area contributed by atoms with Crippen molar-refractivity contribution in [3.8, 4) is 0 Å². The maximum atomic E-state index is 11.9. The number of nitrogens with zero attached hydrogens (tertiary/aromatic N) is 2. The number of piperazine rings is 1. The van der Waals surface area contributed by atoms with Crippen molar-refractivity contribution in [1.29, 1.82) is 0 Å². The second-order valence-corrected chi connectivity index (χ2v) is 7.08. The molecule has 1 rings (SSSR count). The third kappa shape index (κ3) is 7.10. The molecule has 6 nitrogen and oxygen atoms in total. The van der Waals surface area contributed by atoms with E-state index in [1.807, 2.05) is 4.90 Å². The molecular weight excluding hydrogens is 290 g/mol. The number of sulfone groups is 1. The van der Waals surface area contributed by atoms with Gasteiger partial charge in [0.15, 0.2) is 9.84 Å². The Morgan fingerprint density at radius 2 is 1.89 bits per heavy atom. The van der Waals surface area contributed by atoms with Crippen LogP contribution < -0.4 is 5.32 Å². The van der Waals surface area contributed by atoms with Crippen LogP contribution in [0.4, 0.5) is 0 Å². The molecule has 1 amide bonds. The summed E-state index contributed by atoms with van der Waals surface area (Å²) in [6, 6.07) is 0. The predicted molar refractivity (Wildman–Crippen MR) is 78.5 cm³/mol. The second kappa shape index (κ2) is 8.73. The molecule has 0 aromatic heterocycles. The van der Waals surface area contributed by atoms with E-state index in [-0.39, 0.29) is 29.8 Å². The third-order valence-corrected chi connectivity index (χ3v) is 4.78. The van der Waals surface area contributed by atoms with Gasteiger partial charge in [0.25, 0.3) is 0 Å². The smallest absolute Gasteiger partial charge is 0.236 e. The fourth-order valence-electron chi connectivity index (χ4n) is 1.76. The molecule has 0 aromatic carbocycles. The molecule has 0 aliphatic carbocycles. The lowest BCUT2D eigenvalue weighted by Gasteiger charge is -2.29. The normalized spacial score (nSPS) is 16.3. The average molecular weight is 314 g/mol. The summed E-state index contributed by atoms with van der Waals surface area (Å²) in [5, 5.41) is 3.19. The number of carbonyl (C=O) groups excluding carboxylic acids is 1. The first-order valence-corrected chi connectivity index (χ1v) is 8.14. The summed E-state index contributed by atoms with van der Waals surface area (Å²) in [6.45, 7) is 5.48. The Morgan fingerprint density at radius 3 is 2.42 bits per heavy atom. The molecule has 1 heterocycles. The average Bonchev–Trinajstić information content (AvgIpc) is 2.37. The number of likely N-dealkylation sites (N-methyl/N-ethyl adjacent to an activating group) is 1. The van der Waals surface area contributed by atoms with E-state index >= 15 is 0 Å². The first-order valence-electron chi connectivity index (χ1n) is 6.32. The monoisotopic (exact) mass is 313 g/mol. The lowest BCUT2D eigenvalue weighted by atomic mass is 10.3. The highest BCUT2D eigenvalue weighted by Crippen LogP contribution is 1.97. The third-order valence-electron chi connectivity index (χ3n) is 3.10. The summed E-state index contributed by atoms with van der Waals surface area (Å²) < 4.78 is 22.7. The fourth-order valence-corrected chi connectivity index (χ4v) is 2.64. The quantitative estimate of drug-likeness (QED) is 0.696. The fraction of sp³-hybridized carbons (Fsp3) is 0.909. The molecule has 0 aromatic rings. The molecule has 0 radical (unpaired) electrons. The highest BCUT2D eigenvalue weighted by molar-refractivity contribution is 7.91. The summed E-state index contributed by atoms with van der Waals surface area (Å²) in [5.74, 6) is 0.356. The molecule has 0 unspecified atom stereocenters. The molecule has 0 bridgehead atoms. The Balaban J connectivity index is 0.00000324. The van der Waals surface area contributed by atoms with Crippen LogP contribution in [0.15, 0.2) is 0 Å². The molecule has 1 N–H and O–H groups in total. The summed E-state index contributed by atoms with van der Waals surface area (Å²) >= 11 is 0. The highest BCUT2D eigenvalue weighted by Gasteiger charge is 2.18. The Labute approximate surface area is 121 Å². The maximum absolute atomic E-state index is 11.9. The number of carbonyl (C=O) groups is 1. The number of nitrogens with one attached hydrogen (secondary N) is 1. The van der Waals surface area contributed by atoms with E-state index in [4.69, 9.17) is 0 Å². The van der Waals surface area contributed by atoms with Gasteiger partial charge >= 0.3 is 0 Å². The zero-order chi connectivity index (χ0) is 13.6. The number of hydrogen-bond donors (Lipinski definition) is 1. The lowest BCUT2D eigenvalue weighted by molar-refractivity contribution is -0.132. The Morgan fingerprint density at radius 1 is 1.32 bits per heavy atom. The van der Waals surface area contributed by atoms with Crippen LogP contribution in [0.25, 0.3) is 0 Å². The molecule has 19 heavy (non-hydrogen) atoms. The Hall–Kier alpha value is -0.370. The number of hydrogen-bond acceptors (Lipinski definition) is 5. The number of rotatable bonds is 6. The minimum atomic E-state index is -2.95. The Bertz CT molecular complexity index is 369. The molecule has 1 aliphatic heterocycles. The van der Waals surface area contributed by atoms with Gasteiger partial charge in [-0.1, -0.05) is 6.92 Å². The van der Waals surface area contributed by atoms with Crippen molar-refractivity contribution in [2.75, 3.05) is 57.8 Å². The van der Waals surface area contributed by atoms with Gasteiger partial charge in [0.1, 0.15) is 0 Å². The van der Waals surface area contributed by atoms with Gasteiger partial charge in [0.2, 0.25) is 5.91 Å². The van der Waals surface area contributed by atoms with E-state index < -0.39 is 9.84 Å². The van der Waals surface area contributed by atoms with Gasteiger partial charge < -0.3 is 10.2 Å². The van der Waals surface area contributed by atoms with Gasteiger partial charge in [-0.3, -0.25) is 9.69 Å². The molecule has 1 aliphatic rings. The first kappa shape index (κ1) is 18.6. The van der Waals surface area contributed by atoms with Crippen molar-refractivity contribution < 1.29 is 13.2 Å². The second-order valence-electron chi connectivity index (χ2n) is 4.60. The molecular formula is C11H24ClN3O3S. The lowest BCUT2D eigenvalue weighted by Crippen LogP contribution is -2.49. The van der Waals surface area contributed by atoms with Crippen LogP contribution in [0.3, 0.4) is 0 Å². The van der Waals surface area contributed by atoms with Crippen molar-refractivity contribution in [1.82, 2.24) is 15.1 Å². The van der Waals surface area contributed by atoms with E-state index in [9.17, 15) is 13.2 Å². The maximum Gasteiger partial charge on any atom is 0.236 e. The topological polar surface area (TPSA) is 69.7 Å². The van der Waals surface area contributed by atoms with Gasteiger partial charge in [-0.05, 0) is 7.05 Å².